The average molecular weight is 485 g/mol. The van der Waals surface area contributed by atoms with Crippen molar-refractivity contribution in [3.05, 3.63) is 40.8 Å². The normalized spacial score (nSPS) is 14.6. The molecule has 5 N–H and O–H groups in total. The molecule has 2 aromatic heterocycles. The third kappa shape index (κ3) is 5.69. The molecule has 0 saturated heterocycles. The number of nitrogens with zero attached hydrogens (tertiary/aromatic N) is 1. The molecule has 1 atom stereocenters. The highest BCUT2D eigenvalue weighted by Crippen LogP contribution is 2.33. The Labute approximate surface area is 192 Å². The highest BCUT2D eigenvalue weighted by Gasteiger charge is 2.38. The van der Waals surface area contributed by atoms with Crippen LogP contribution in [0.25, 0.3) is 21.8 Å². The van der Waals surface area contributed by atoms with Gasteiger partial charge in [0.1, 0.15) is 5.52 Å². The van der Waals surface area contributed by atoms with E-state index in [0.717, 1.165) is 19.3 Å². The standard InChI is InChI=1S/C17H20N4O3S.C4H8O2.ClH/c1-10(18)9-21(11-2-3-11)25(23,24)12-4-5-15-14(8-12)13-6-7-19-16(13)17(22)20-15;1-2-3-4(5)6;/h4-8,10-11,19H,2-3,9,18H2,1H3,(H,20,22);2-3H2,1H3,(H,5,6);1H/t10-;;/m0../s1. The summed E-state index contributed by atoms with van der Waals surface area (Å²) in [4.78, 5) is 27.5. The quantitative estimate of drug-likeness (QED) is 0.405. The molecule has 4 rings (SSSR count). The van der Waals surface area contributed by atoms with E-state index in [1.165, 1.54) is 4.31 Å². The number of hydrogen-bond donors (Lipinski definition) is 4. The fraction of sp³-hybridized carbons (Fsp3) is 0.429. The number of fused-ring (bicyclic) bond motifs is 3. The van der Waals surface area contributed by atoms with Gasteiger partial charge in [0.25, 0.3) is 5.56 Å². The lowest BCUT2D eigenvalue weighted by Crippen LogP contribution is -2.41. The maximum Gasteiger partial charge on any atom is 0.303 e. The Balaban J connectivity index is 0.000000461. The van der Waals surface area contributed by atoms with Crippen molar-refractivity contribution in [2.75, 3.05) is 6.54 Å². The predicted molar refractivity (Wildman–Crippen MR) is 127 cm³/mol. The van der Waals surface area contributed by atoms with Gasteiger partial charge in [-0.2, -0.15) is 4.31 Å². The Kier molecular flexibility index (Phi) is 8.47. The molecule has 0 bridgehead atoms. The minimum atomic E-state index is -3.64. The second kappa shape index (κ2) is 10.5. The van der Waals surface area contributed by atoms with Crippen LogP contribution < -0.4 is 11.3 Å². The number of aliphatic carboxylic acids is 1. The number of carbonyl (C=O) groups is 1. The molecule has 11 heteroatoms. The molecule has 3 aromatic rings. The largest absolute Gasteiger partial charge is 0.481 e. The number of sulfonamides is 1. The summed E-state index contributed by atoms with van der Waals surface area (Å²) in [6, 6.07) is 6.41. The molecule has 1 fully saturated rings. The predicted octanol–water partition coefficient (Wildman–Crippen LogP) is 2.80. The maximum absolute atomic E-state index is 13.1. The number of carboxylic acids is 1. The van der Waals surface area contributed by atoms with E-state index in [4.69, 9.17) is 10.8 Å². The zero-order valence-electron chi connectivity index (χ0n) is 18.0. The molecule has 1 aromatic carbocycles. The van der Waals surface area contributed by atoms with Crippen molar-refractivity contribution >= 4 is 50.2 Å². The molecular formula is C21H29ClN4O5S. The minimum absolute atomic E-state index is 0. The van der Waals surface area contributed by atoms with Gasteiger partial charge in [-0.1, -0.05) is 6.92 Å². The molecule has 1 aliphatic rings. The summed E-state index contributed by atoms with van der Waals surface area (Å²) < 4.78 is 27.8. The van der Waals surface area contributed by atoms with Crippen LogP contribution in [0.15, 0.2) is 40.2 Å². The fourth-order valence-electron chi connectivity index (χ4n) is 3.42. The van der Waals surface area contributed by atoms with Gasteiger partial charge < -0.3 is 20.8 Å². The molecule has 0 unspecified atom stereocenters. The third-order valence-corrected chi connectivity index (χ3v) is 6.91. The summed E-state index contributed by atoms with van der Waals surface area (Å²) >= 11 is 0. The van der Waals surface area contributed by atoms with Crippen molar-refractivity contribution in [3.8, 4) is 0 Å². The first kappa shape index (κ1) is 25.9. The summed E-state index contributed by atoms with van der Waals surface area (Å²) in [6.07, 6.45) is 4.44. The molecule has 1 saturated carbocycles. The lowest BCUT2D eigenvalue weighted by atomic mass is 10.1. The van der Waals surface area contributed by atoms with E-state index in [0.29, 0.717) is 34.8 Å². The molecule has 0 aliphatic heterocycles. The van der Waals surface area contributed by atoms with Gasteiger partial charge in [0, 0.05) is 47.5 Å². The molecule has 0 radical (unpaired) electrons. The van der Waals surface area contributed by atoms with Gasteiger partial charge in [-0.15, -0.1) is 12.4 Å². The van der Waals surface area contributed by atoms with Crippen LogP contribution in [0.3, 0.4) is 0 Å². The average Bonchev–Trinajstić information content (AvgIpc) is 3.40. The molecule has 176 valence electrons. The second-order valence-electron chi connectivity index (χ2n) is 7.85. The number of halogens is 1. The topological polar surface area (TPSA) is 149 Å². The van der Waals surface area contributed by atoms with E-state index < -0.39 is 16.0 Å². The van der Waals surface area contributed by atoms with E-state index in [1.54, 1.807) is 37.4 Å². The Morgan fingerprint density at radius 1 is 1.28 bits per heavy atom. The van der Waals surface area contributed by atoms with Crippen LogP contribution in [-0.4, -0.2) is 52.4 Å². The Hall–Kier alpha value is -2.40. The van der Waals surface area contributed by atoms with Gasteiger partial charge in [0.05, 0.1) is 4.90 Å². The van der Waals surface area contributed by atoms with Crippen LogP contribution >= 0.6 is 12.4 Å². The number of rotatable bonds is 7. The first-order chi connectivity index (χ1) is 14.6. The summed E-state index contributed by atoms with van der Waals surface area (Å²) in [5.41, 5.74) is 6.68. The van der Waals surface area contributed by atoms with Crippen LogP contribution in [0.5, 0.6) is 0 Å². The number of pyridine rings is 1. The van der Waals surface area contributed by atoms with Gasteiger partial charge in [-0.05, 0) is 50.5 Å². The molecule has 0 spiro atoms. The van der Waals surface area contributed by atoms with Gasteiger partial charge >= 0.3 is 5.97 Å². The molecule has 0 amide bonds. The van der Waals surface area contributed by atoms with E-state index in [1.807, 2.05) is 6.92 Å². The summed E-state index contributed by atoms with van der Waals surface area (Å²) in [5.74, 6) is -0.711. The Bertz CT molecular complexity index is 1250. The first-order valence-corrected chi connectivity index (χ1v) is 11.7. The number of nitrogens with one attached hydrogen (secondary N) is 2. The minimum Gasteiger partial charge on any atom is -0.481 e. The smallest absolute Gasteiger partial charge is 0.303 e. The van der Waals surface area contributed by atoms with E-state index in [2.05, 4.69) is 9.97 Å². The highest BCUT2D eigenvalue weighted by molar-refractivity contribution is 7.89. The van der Waals surface area contributed by atoms with Gasteiger partial charge in [0.2, 0.25) is 10.0 Å². The SMILES string of the molecule is CCCC(=O)O.C[C@H](N)CN(C1CC1)S(=O)(=O)c1ccc2[nH]c(=O)c3[nH]ccc3c2c1.Cl. The Morgan fingerprint density at radius 3 is 2.50 bits per heavy atom. The Morgan fingerprint density at radius 2 is 1.97 bits per heavy atom. The number of hydrogen-bond acceptors (Lipinski definition) is 5. The maximum atomic E-state index is 13.1. The number of aromatic amines is 2. The zero-order chi connectivity index (χ0) is 22.8. The van der Waals surface area contributed by atoms with Crippen molar-refractivity contribution in [1.29, 1.82) is 0 Å². The number of nitrogens with two attached hydrogens (primary N) is 1. The van der Waals surface area contributed by atoms with Gasteiger partial charge in [-0.3, -0.25) is 9.59 Å². The van der Waals surface area contributed by atoms with Gasteiger partial charge in [0.15, 0.2) is 0 Å². The van der Waals surface area contributed by atoms with Crippen LogP contribution in [0.4, 0.5) is 0 Å². The fourth-order valence-corrected chi connectivity index (χ4v) is 5.23. The van der Waals surface area contributed by atoms with Crippen molar-refractivity contribution in [3.63, 3.8) is 0 Å². The zero-order valence-corrected chi connectivity index (χ0v) is 19.6. The van der Waals surface area contributed by atoms with Crippen molar-refractivity contribution < 1.29 is 18.3 Å². The summed E-state index contributed by atoms with van der Waals surface area (Å²) in [5, 5.41) is 9.32. The summed E-state index contributed by atoms with van der Waals surface area (Å²) in [6.45, 7) is 3.95. The van der Waals surface area contributed by atoms with Crippen LogP contribution in [0.1, 0.15) is 39.5 Å². The van der Waals surface area contributed by atoms with Gasteiger partial charge in [-0.25, -0.2) is 8.42 Å². The number of aromatic nitrogens is 2. The molecular weight excluding hydrogens is 456 g/mol. The second-order valence-corrected chi connectivity index (χ2v) is 9.75. The van der Waals surface area contributed by atoms with Crippen molar-refractivity contribution in [1.82, 2.24) is 14.3 Å². The van der Waals surface area contributed by atoms with Crippen LogP contribution in [0.2, 0.25) is 0 Å². The molecule has 32 heavy (non-hydrogen) atoms. The molecule has 1 aliphatic carbocycles. The van der Waals surface area contributed by atoms with E-state index in [-0.39, 0.29) is 34.9 Å². The first-order valence-electron chi connectivity index (χ1n) is 10.3. The molecule has 9 nitrogen and oxygen atoms in total. The van der Waals surface area contributed by atoms with E-state index >= 15 is 0 Å². The van der Waals surface area contributed by atoms with Crippen LogP contribution in [-0.2, 0) is 14.8 Å². The number of carboxylic acid groups (broad SMARTS) is 1. The van der Waals surface area contributed by atoms with Crippen LogP contribution in [0, 0.1) is 0 Å². The lowest BCUT2D eigenvalue weighted by Gasteiger charge is -2.23. The van der Waals surface area contributed by atoms with Crippen molar-refractivity contribution in [2.24, 2.45) is 5.73 Å². The number of benzene rings is 1. The van der Waals surface area contributed by atoms with E-state index in [9.17, 15) is 18.0 Å². The lowest BCUT2D eigenvalue weighted by molar-refractivity contribution is -0.137. The third-order valence-electron chi connectivity index (χ3n) is 5.00. The summed E-state index contributed by atoms with van der Waals surface area (Å²) in [7, 11) is -3.64. The molecule has 2 heterocycles. The monoisotopic (exact) mass is 484 g/mol. The van der Waals surface area contributed by atoms with Crippen molar-refractivity contribution in [2.45, 2.75) is 56.5 Å². The highest BCUT2D eigenvalue weighted by atomic mass is 35.5. The number of H-pyrrole nitrogens is 2.